The molecule has 0 fully saturated rings. The summed E-state index contributed by atoms with van der Waals surface area (Å²) in [5.74, 6) is -0.448. The molecule has 0 saturated heterocycles. The average molecular weight is 316 g/mol. The summed E-state index contributed by atoms with van der Waals surface area (Å²) >= 11 is 0. The Morgan fingerprint density at radius 1 is 1.33 bits per heavy atom. The van der Waals surface area contributed by atoms with Crippen LogP contribution in [-0.4, -0.2) is 45.6 Å². The van der Waals surface area contributed by atoms with Crippen LogP contribution in [0, 0.1) is 10.1 Å². The molecule has 1 rings (SSSR count). The molecule has 9 nitrogen and oxygen atoms in total. The van der Waals surface area contributed by atoms with Crippen molar-refractivity contribution in [3.8, 4) is 0 Å². The minimum Gasteiger partial charge on any atom is -0.383 e. The van der Waals surface area contributed by atoms with Gasteiger partial charge in [0.1, 0.15) is 5.69 Å². The molecule has 1 aromatic carbocycles. The van der Waals surface area contributed by atoms with Crippen LogP contribution in [0.2, 0.25) is 0 Å². The molecule has 1 aromatic rings. The summed E-state index contributed by atoms with van der Waals surface area (Å²) in [6.07, 6.45) is 1.02. The van der Waals surface area contributed by atoms with Crippen molar-refractivity contribution in [1.29, 1.82) is 0 Å². The zero-order valence-electron chi connectivity index (χ0n) is 11.5. The molecular weight excluding hydrogens is 300 g/mol. The summed E-state index contributed by atoms with van der Waals surface area (Å²) in [5.41, 5.74) is 0.332. The second-order valence-corrected chi connectivity index (χ2v) is 5.99. The van der Waals surface area contributed by atoms with Crippen LogP contribution < -0.4 is 15.4 Å². The van der Waals surface area contributed by atoms with Crippen LogP contribution in [0.3, 0.4) is 0 Å². The molecule has 1 amide bonds. The lowest BCUT2D eigenvalue weighted by Gasteiger charge is -2.07. The Morgan fingerprint density at radius 2 is 2.00 bits per heavy atom. The molecule has 0 radical (unpaired) electrons. The molecule has 116 valence electrons. The maximum absolute atomic E-state index is 11.8. The first-order chi connectivity index (χ1) is 9.74. The third-order valence-electron chi connectivity index (χ3n) is 2.50. The summed E-state index contributed by atoms with van der Waals surface area (Å²) in [4.78, 5) is 22.0. The highest BCUT2D eigenvalue weighted by Gasteiger charge is 2.15. The van der Waals surface area contributed by atoms with E-state index in [9.17, 15) is 23.3 Å². The predicted octanol–water partition coefficient (Wildman–Crippen LogP) is -0.0845. The van der Waals surface area contributed by atoms with E-state index in [2.05, 4.69) is 15.4 Å². The van der Waals surface area contributed by atoms with Gasteiger partial charge in [-0.2, -0.15) is 0 Å². The van der Waals surface area contributed by atoms with Crippen LogP contribution in [0.5, 0.6) is 0 Å². The van der Waals surface area contributed by atoms with Gasteiger partial charge in [-0.05, 0) is 12.1 Å². The van der Waals surface area contributed by atoms with E-state index >= 15 is 0 Å². The molecular formula is C11H16N4O5S. The number of nitrogens with zero attached hydrogens (tertiary/aromatic N) is 1. The van der Waals surface area contributed by atoms with Crippen molar-refractivity contribution >= 4 is 27.3 Å². The van der Waals surface area contributed by atoms with Gasteiger partial charge in [0, 0.05) is 31.8 Å². The lowest BCUT2D eigenvalue weighted by Crippen LogP contribution is -2.34. The molecule has 0 aromatic heterocycles. The topological polar surface area (TPSA) is 130 Å². The third-order valence-corrected chi connectivity index (χ3v) is 3.23. The summed E-state index contributed by atoms with van der Waals surface area (Å²) in [6.45, 7) is 0.175. The lowest BCUT2D eigenvalue weighted by molar-refractivity contribution is -0.383. The molecule has 21 heavy (non-hydrogen) atoms. The summed E-state index contributed by atoms with van der Waals surface area (Å²) in [6, 6.07) is 3.92. The van der Waals surface area contributed by atoms with E-state index < -0.39 is 20.9 Å². The van der Waals surface area contributed by atoms with Gasteiger partial charge in [0.25, 0.3) is 11.6 Å². The molecule has 0 aliphatic carbocycles. The number of hydrogen-bond donors (Lipinski definition) is 3. The predicted molar refractivity (Wildman–Crippen MR) is 77.8 cm³/mol. The third kappa shape index (κ3) is 5.36. The van der Waals surface area contributed by atoms with Gasteiger partial charge in [0.15, 0.2) is 0 Å². The van der Waals surface area contributed by atoms with Crippen molar-refractivity contribution in [3.05, 3.63) is 33.9 Å². The van der Waals surface area contributed by atoms with E-state index in [0.717, 1.165) is 6.26 Å². The summed E-state index contributed by atoms with van der Waals surface area (Å²) in [7, 11) is -1.78. The standard InChI is InChI=1S/C11H16N4O5S/c1-12-9-7-8(3-4-10(9)15(17)18)11(16)13-5-6-14-21(2,19)20/h3-4,7,12,14H,5-6H2,1-2H3,(H,13,16). The lowest BCUT2D eigenvalue weighted by atomic mass is 10.1. The molecule has 10 heteroatoms. The van der Waals surface area contributed by atoms with Crippen molar-refractivity contribution in [2.24, 2.45) is 0 Å². The number of hydrogen-bond acceptors (Lipinski definition) is 6. The van der Waals surface area contributed by atoms with Crippen molar-refractivity contribution < 1.29 is 18.1 Å². The number of sulfonamides is 1. The van der Waals surface area contributed by atoms with Crippen LogP contribution >= 0.6 is 0 Å². The fraction of sp³-hybridized carbons (Fsp3) is 0.364. The average Bonchev–Trinajstić information content (AvgIpc) is 2.41. The first kappa shape index (κ1) is 16.9. The highest BCUT2D eigenvalue weighted by Crippen LogP contribution is 2.24. The van der Waals surface area contributed by atoms with E-state index in [1.54, 1.807) is 0 Å². The Labute approximate surface area is 121 Å². The van der Waals surface area contributed by atoms with Gasteiger partial charge in [-0.1, -0.05) is 0 Å². The maximum atomic E-state index is 11.8. The number of benzene rings is 1. The largest absolute Gasteiger partial charge is 0.383 e. The Hall–Kier alpha value is -2.20. The van der Waals surface area contributed by atoms with Crippen LogP contribution in [0.15, 0.2) is 18.2 Å². The Balaban J connectivity index is 2.69. The fourth-order valence-corrected chi connectivity index (χ4v) is 2.02. The number of nitrogens with one attached hydrogen (secondary N) is 3. The second kappa shape index (κ2) is 6.99. The van der Waals surface area contributed by atoms with Gasteiger partial charge >= 0.3 is 0 Å². The van der Waals surface area contributed by atoms with Crippen LogP contribution in [0.4, 0.5) is 11.4 Å². The zero-order valence-corrected chi connectivity index (χ0v) is 12.4. The number of nitro groups is 1. The van der Waals surface area contributed by atoms with E-state index in [4.69, 9.17) is 0 Å². The Bertz CT molecular complexity index is 644. The van der Waals surface area contributed by atoms with E-state index in [-0.39, 0.29) is 30.0 Å². The molecule has 0 spiro atoms. The SMILES string of the molecule is CNc1cc(C(=O)NCCNS(C)(=O)=O)ccc1[N+](=O)[O-]. The van der Waals surface area contributed by atoms with Gasteiger partial charge in [0.05, 0.1) is 11.2 Å². The second-order valence-electron chi connectivity index (χ2n) is 4.16. The van der Waals surface area contributed by atoms with E-state index in [1.165, 1.54) is 25.2 Å². The van der Waals surface area contributed by atoms with Crippen LogP contribution in [0.1, 0.15) is 10.4 Å². The molecule has 0 aliphatic heterocycles. The quantitative estimate of drug-likeness (QED) is 0.366. The van der Waals surface area contributed by atoms with E-state index in [1.807, 2.05) is 0 Å². The number of carbonyl (C=O) groups is 1. The number of anilines is 1. The smallest absolute Gasteiger partial charge is 0.292 e. The summed E-state index contributed by atoms with van der Waals surface area (Å²) in [5, 5.41) is 15.9. The highest BCUT2D eigenvalue weighted by molar-refractivity contribution is 7.88. The zero-order chi connectivity index (χ0) is 16.0. The summed E-state index contributed by atoms with van der Waals surface area (Å²) < 4.78 is 23.9. The van der Waals surface area contributed by atoms with Crippen LogP contribution in [0.25, 0.3) is 0 Å². The van der Waals surface area contributed by atoms with Crippen molar-refractivity contribution in [2.45, 2.75) is 0 Å². The minimum atomic E-state index is -3.30. The number of rotatable bonds is 7. The van der Waals surface area contributed by atoms with Crippen molar-refractivity contribution in [1.82, 2.24) is 10.0 Å². The fourth-order valence-electron chi connectivity index (χ4n) is 1.55. The van der Waals surface area contributed by atoms with Gasteiger partial charge in [-0.25, -0.2) is 13.1 Å². The van der Waals surface area contributed by atoms with Crippen molar-refractivity contribution in [3.63, 3.8) is 0 Å². The highest BCUT2D eigenvalue weighted by atomic mass is 32.2. The normalized spacial score (nSPS) is 11.0. The van der Waals surface area contributed by atoms with Gasteiger partial charge < -0.3 is 10.6 Å². The first-order valence-corrected chi connectivity index (χ1v) is 7.83. The maximum Gasteiger partial charge on any atom is 0.292 e. The van der Waals surface area contributed by atoms with Gasteiger partial charge in [-0.3, -0.25) is 14.9 Å². The number of carbonyl (C=O) groups excluding carboxylic acids is 1. The Morgan fingerprint density at radius 3 is 2.52 bits per heavy atom. The molecule has 0 heterocycles. The molecule has 0 saturated carbocycles. The monoisotopic (exact) mass is 316 g/mol. The molecule has 0 bridgehead atoms. The Kier molecular flexibility index (Phi) is 5.61. The minimum absolute atomic E-state index is 0.0659. The molecule has 3 N–H and O–H groups in total. The van der Waals surface area contributed by atoms with Crippen LogP contribution in [-0.2, 0) is 10.0 Å². The van der Waals surface area contributed by atoms with Gasteiger partial charge in [-0.15, -0.1) is 0 Å². The van der Waals surface area contributed by atoms with Gasteiger partial charge in [0.2, 0.25) is 10.0 Å². The molecule has 0 unspecified atom stereocenters. The molecule has 0 atom stereocenters. The van der Waals surface area contributed by atoms with E-state index in [0.29, 0.717) is 0 Å². The number of nitro benzene ring substituents is 1. The molecule has 0 aliphatic rings. The van der Waals surface area contributed by atoms with Crippen molar-refractivity contribution in [2.75, 3.05) is 31.7 Å². The number of amides is 1. The first-order valence-electron chi connectivity index (χ1n) is 5.93.